The zero-order chi connectivity index (χ0) is 29.3. The topological polar surface area (TPSA) is 114 Å². The van der Waals surface area contributed by atoms with Gasteiger partial charge in [-0.2, -0.15) is 0 Å². The Labute approximate surface area is 241 Å². The highest BCUT2D eigenvalue weighted by Gasteiger charge is 2.50. The van der Waals surface area contributed by atoms with E-state index in [0.717, 1.165) is 0 Å². The maximum Gasteiger partial charge on any atom is 0.340 e. The molecule has 5 rings (SSSR count). The van der Waals surface area contributed by atoms with E-state index in [-0.39, 0.29) is 28.9 Å². The Balaban J connectivity index is 1.48. The summed E-state index contributed by atoms with van der Waals surface area (Å²) in [7, 11) is 0. The van der Waals surface area contributed by atoms with Crippen molar-refractivity contribution in [2.24, 2.45) is 0 Å². The van der Waals surface area contributed by atoms with Crippen molar-refractivity contribution in [3.8, 4) is 0 Å². The van der Waals surface area contributed by atoms with Crippen molar-refractivity contribution < 1.29 is 42.9 Å². The first kappa shape index (κ1) is 28.3. The van der Waals surface area contributed by atoms with Crippen LogP contribution < -0.4 is 0 Å². The van der Waals surface area contributed by atoms with Crippen LogP contribution in [0.2, 0.25) is 0 Å². The summed E-state index contributed by atoms with van der Waals surface area (Å²) in [5.41, 5.74) is 0.885. The SMILES string of the molecule is O=C(O[C@@H]1OC[C@@H](OC(=O)c2ccccc2)[C@H](OC(=O)c2ccccc2)[C@@H]1OC(=O)c1ccccc1)c1ccccc1. The van der Waals surface area contributed by atoms with Crippen LogP contribution in [0.3, 0.4) is 0 Å². The first-order valence-electron chi connectivity index (χ1n) is 13.2. The molecule has 0 bridgehead atoms. The summed E-state index contributed by atoms with van der Waals surface area (Å²) in [4.78, 5) is 52.4. The van der Waals surface area contributed by atoms with Gasteiger partial charge in [-0.15, -0.1) is 0 Å². The van der Waals surface area contributed by atoms with Crippen molar-refractivity contribution in [3.05, 3.63) is 144 Å². The molecule has 42 heavy (non-hydrogen) atoms. The molecular weight excluding hydrogens is 540 g/mol. The number of carbonyl (C=O) groups excluding carboxylic acids is 4. The normalized spacial score (nSPS) is 19.6. The Morgan fingerprint density at radius 3 is 1.19 bits per heavy atom. The third kappa shape index (κ3) is 6.89. The van der Waals surface area contributed by atoms with Crippen LogP contribution in [0.25, 0.3) is 0 Å². The van der Waals surface area contributed by atoms with Gasteiger partial charge in [0.25, 0.3) is 0 Å². The van der Waals surface area contributed by atoms with E-state index >= 15 is 0 Å². The first-order chi connectivity index (χ1) is 20.5. The second kappa shape index (κ2) is 13.4. The molecule has 0 saturated carbocycles. The number of carbonyl (C=O) groups is 4. The lowest BCUT2D eigenvalue weighted by Crippen LogP contribution is -2.58. The molecule has 4 aromatic carbocycles. The minimum atomic E-state index is -1.50. The summed E-state index contributed by atoms with van der Waals surface area (Å²) in [5.74, 6) is -3.02. The Bertz CT molecular complexity index is 1390. The number of hydrogen-bond acceptors (Lipinski definition) is 9. The number of rotatable bonds is 8. The van der Waals surface area contributed by atoms with E-state index in [0.29, 0.717) is 0 Å². The molecule has 1 aliphatic heterocycles. The van der Waals surface area contributed by atoms with Gasteiger partial charge in [0.2, 0.25) is 12.4 Å². The van der Waals surface area contributed by atoms with Crippen LogP contribution in [-0.2, 0) is 23.7 Å². The van der Waals surface area contributed by atoms with E-state index in [1.165, 1.54) is 12.1 Å². The van der Waals surface area contributed by atoms with Crippen LogP contribution >= 0.6 is 0 Å². The molecule has 0 N–H and O–H groups in total. The number of benzene rings is 4. The summed E-state index contributed by atoms with van der Waals surface area (Å²) >= 11 is 0. The Morgan fingerprint density at radius 1 is 0.452 bits per heavy atom. The monoisotopic (exact) mass is 566 g/mol. The molecule has 1 saturated heterocycles. The minimum Gasteiger partial charge on any atom is -0.452 e. The van der Waals surface area contributed by atoms with Gasteiger partial charge in [0.05, 0.1) is 28.9 Å². The van der Waals surface area contributed by atoms with Crippen LogP contribution in [0, 0.1) is 0 Å². The third-order valence-corrected chi connectivity index (χ3v) is 6.39. The Morgan fingerprint density at radius 2 is 0.786 bits per heavy atom. The van der Waals surface area contributed by atoms with Crippen molar-refractivity contribution in [1.29, 1.82) is 0 Å². The highest BCUT2D eigenvalue weighted by Crippen LogP contribution is 2.28. The molecule has 212 valence electrons. The second-order valence-electron chi connectivity index (χ2n) is 9.25. The molecule has 4 aromatic rings. The molecular formula is C33H26O9. The van der Waals surface area contributed by atoms with Gasteiger partial charge in [-0.25, -0.2) is 19.2 Å². The number of esters is 4. The van der Waals surface area contributed by atoms with E-state index in [1.807, 2.05) is 0 Å². The third-order valence-electron chi connectivity index (χ3n) is 6.39. The molecule has 9 heteroatoms. The average Bonchev–Trinajstić information content (AvgIpc) is 3.05. The lowest BCUT2D eigenvalue weighted by Gasteiger charge is -2.40. The van der Waals surface area contributed by atoms with E-state index in [1.54, 1.807) is 109 Å². The molecule has 0 radical (unpaired) electrons. The lowest BCUT2D eigenvalue weighted by atomic mass is 10.0. The summed E-state index contributed by atoms with van der Waals surface area (Å²) in [6.45, 7) is -0.322. The highest BCUT2D eigenvalue weighted by molar-refractivity contribution is 5.91. The van der Waals surface area contributed by atoms with Gasteiger partial charge in [0, 0.05) is 0 Å². The van der Waals surface area contributed by atoms with Crippen LogP contribution in [0.5, 0.6) is 0 Å². The quantitative estimate of drug-likeness (QED) is 0.218. The van der Waals surface area contributed by atoms with Crippen molar-refractivity contribution in [1.82, 2.24) is 0 Å². The molecule has 9 nitrogen and oxygen atoms in total. The molecule has 0 unspecified atom stereocenters. The molecule has 0 aromatic heterocycles. The van der Waals surface area contributed by atoms with Crippen LogP contribution in [-0.4, -0.2) is 55.1 Å². The lowest BCUT2D eigenvalue weighted by molar-refractivity contribution is -0.250. The van der Waals surface area contributed by atoms with E-state index in [4.69, 9.17) is 23.7 Å². The fourth-order valence-electron chi connectivity index (χ4n) is 4.27. The van der Waals surface area contributed by atoms with E-state index in [9.17, 15) is 19.2 Å². The summed E-state index contributed by atoms with van der Waals surface area (Å²) in [6, 6.07) is 32.6. The summed E-state index contributed by atoms with van der Waals surface area (Å²) < 4.78 is 28.7. The van der Waals surface area contributed by atoms with Gasteiger partial charge in [-0.3, -0.25) is 0 Å². The Hall–Kier alpha value is -5.28. The average molecular weight is 567 g/mol. The maximum absolute atomic E-state index is 13.2. The van der Waals surface area contributed by atoms with Gasteiger partial charge < -0.3 is 23.7 Å². The van der Waals surface area contributed by atoms with Gasteiger partial charge in [-0.1, -0.05) is 72.8 Å². The van der Waals surface area contributed by atoms with Crippen molar-refractivity contribution in [2.75, 3.05) is 6.61 Å². The number of hydrogen-bond donors (Lipinski definition) is 0. The first-order valence-corrected chi connectivity index (χ1v) is 13.2. The van der Waals surface area contributed by atoms with Crippen molar-refractivity contribution >= 4 is 23.9 Å². The van der Waals surface area contributed by atoms with Crippen molar-refractivity contribution in [3.63, 3.8) is 0 Å². The van der Waals surface area contributed by atoms with E-state index < -0.39 is 48.5 Å². The Kier molecular flexibility index (Phi) is 9.00. The molecule has 1 heterocycles. The van der Waals surface area contributed by atoms with Crippen LogP contribution in [0.1, 0.15) is 41.4 Å². The van der Waals surface area contributed by atoms with Gasteiger partial charge >= 0.3 is 23.9 Å². The van der Waals surface area contributed by atoms with Gasteiger partial charge in [0.15, 0.2) is 12.2 Å². The highest BCUT2D eigenvalue weighted by atomic mass is 16.7. The largest absolute Gasteiger partial charge is 0.452 e. The van der Waals surface area contributed by atoms with Crippen molar-refractivity contribution in [2.45, 2.75) is 24.6 Å². The molecule has 0 spiro atoms. The molecule has 0 amide bonds. The molecule has 0 aliphatic carbocycles. The van der Waals surface area contributed by atoms with Crippen LogP contribution in [0.15, 0.2) is 121 Å². The zero-order valence-corrected chi connectivity index (χ0v) is 22.2. The maximum atomic E-state index is 13.2. The fraction of sp³-hybridized carbons (Fsp3) is 0.152. The standard InChI is InChI=1S/C33H26O9/c34-29(22-13-5-1-6-14-22)39-26-21-38-33(42-32(37)25-19-11-4-12-20-25)28(41-31(36)24-17-9-3-10-18-24)27(26)40-30(35)23-15-7-2-8-16-23/h1-20,26-28,33H,21H2/t26-,27+,28+,33+/m1/s1. The zero-order valence-electron chi connectivity index (χ0n) is 22.2. The second-order valence-corrected chi connectivity index (χ2v) is 9.25. The number of ether oxygens (including phenoxy) is 5. The predicted molar refractivity (Wildman–Crippen MR) is 149 cm³/mol. The smallest absolute Gasteiger partial charge is 0.340 e. The van der Waals surface area contributed by atoms with E-state index in [2.05, 4.69) is 0 Å². The summed E-state index contributed by atoms with van der Waals surface area (Å²) in [6.07, 6.45) is -5.61. The van der Waals surface area contributed by atoms with Gasteiger partial charge in [-0.05, 0) is 48.5 Å². The predicted octanol–water partition coefficient (Wildman–Crippen LogP) is 4.88. The molecule has 1 fully saturated rings. The van der Waals surface area contributed by atoms with Crippen LogP contribution in [0.4, 0.5) is 0 Å². The van der Waals surface area contributed by atoms with Gasteiger partial charge in [0.1, 0.15) is 0 Å². The minimum absolute atomic E-state index is 0.196. The molecule has 4 atom stereocenters. The fourth-order valence-corrected chi connectivity index (χ4v) is 4.27. The summed E-state index contributed by atoms with van der Waals surface area (Å²) in [5, 5.41) is 0. The molecule has 1 aliphatic rings.